The molecule has 0 atom stereocenters. The highest BCUT2D eigenvalue weighted by atomic mass is 14.9. The van der Waals surface area contributed by atoms with Crippen molar-refractivity contribution in [3.05, 3.63) is 24.8 Å². The average Bonchev–Trinajstić information content (AvgIpc) is 2.33. The summed E-state index contributed by atoms with van der Waals surface area (Å²) in [7, 11) is 0. The van der Waals surface area contributed by atoms with E-state index in [9.17, 15) is 0 Å². The van der Waals surface area contributed by atoms with Gasteiger partial charge >= 0.3 is 0 Å². The van der Waals surface area contributed by atoms with E-state index in [0.29, 0.717) is 5.41 Å². The summed E-state index contributed by atoms with van der Waals surface area (Å²) in [5, 5.41) is 0. The van der Waals surface area contributed by atoms with Gasteiger partial charge in [0.15, 0.2) is 0 Å². The Labute approximate surface area is 74.7 Å². The molecule has 0 unspecified atom stereocenters. The molecule has 2 heteroatoms. The lowest BCUT2D eigenvalue weighted by molar-refractivity contribution is 0.469. The number of nitrogens with one attached hydrogen (secondary N) is 1. The first-order valence-corrected chi connectivity index (χ1v) is 4.05. The SMILES string of the molecule is C=Cc1ncc[nH]1.CC(C)(C)C. The lowest BCUT2D eigenvalue weighted by Crippen LogP contribution is -1.93. The van der Waals surface area contributed by atoms with Gasteiger partial charge in [-0.25, -0.2) is 4.98 Å². The third kappa shape index (κ3) is 8.95. The summed E-state index contributed by atoms with van der Waals surface area (Å²) in [5.41, 5.74) is 0.500. The first kappa shape index (κ1) is 11.0. The first-order valence-electron chi connectivity index (χ1n) is 4.05. The van der Waals surface area contributed by atoms with Gasteiger partial charge < -0.3 is 4.98 Å². The Morgan fingerprint density at radius 1 is 1.42 bits per heavy atom. The number of aromatic amines is 1. The van der Waals surface area contributed by atoms with Crippen LogP contribution < -0.4 is 0 Å². The molecule has 0 fully saturated rings. The predicted octanol–water partition coefficient (Wildman–Crippen LogP) is 3.11. The molecule has 1 aromatic rings. The standard InChI is InChI=1S/C5H6N2.C5H12/c1-2-5-6-3-4-7-5;1-5(2,3)4/h2-4H,1H2,(H,6,7);1-4H3. The molecule has 0 saturated carbocycles. The van der Waals surface area contributed by atoms with Crippen LogP contribution >= 0.6 is 0 Å². The maximum atomic E-state index is 3.86. The van der Waals surface area contributed by atoms with Gasteiger partial charge in [-0.05, 0) is 11.5 Å². The summed E-state index contributed by atoms with van der Waals surface area (Å²) in [4.78, 5) is 6.72. The number of H-pyrrole nitrogens is 1. The van der Waals surface area contributed by atoms with Gasteiger partial charge in [0, 0.05) is 12.4 Å². The van der Waals surface area contributed by atoms with Crippen LogP contribution in [0.5, 0.6) is 0 Å². The molecule has 0 bridgehead atoms. The fraction of sp³-hybridized carbons (Fsp3) is 0.500. The minimum Gasteiger partial charge on any atom is -0.345 e. The normalized spacial score (nSPS) is 10.0. The van der Waals surface area contributed by atoms with Crippen LogP contribution in [-0.4, -0.2) is 9.97 Å². The Hall–Kier alpha value is -1.05. The molecule has 1 heterocycles. The minimum absolute atomic E-state index is 0.500. The topological polar surface area (TPSA) is 28.7 Å². The van der Waals surface area contributed by atoms with Crippen LogP contribution in [0.2, 0.25) is 0 Å². The molecule has 68 valence electrons. The van der Waals surface area contributed by atoms with E-state index in [1.54, 1.807) is 18.5 Å². The Morgan fingerprint density at radius 2 is 1.92 bits per heavy atom. The van der Waals surface area contributed by atoms with Crippen molar-refractivity contribution in [2.24, 2.45) is 5.41 Å². The summed E-state index contributed by atoms with van der Waals surface area (Å²) in [6.45, 7) is 12.3. The molecule has 0 aliphatic rings. The van der Waals surface area contributed by atoms with E-state index in [-0.39, 0.29) is 0 Å². The summed E-state index contributed by atoms with van der Waals surface area (Å²) in [6, 6.07) is 0. The highest BCUT2D eigenvalue weighted by molar-refractivity contribution is 5.34. The molecular weight excluding hydrogens is 148 g/mol. The van der Waals surface area contributed by atoms with E-state index < -0.39 is 0 Å². The number of imidazole rings is 1. The molecule has 0 aliphatic carbocycles. The lowest BCUT2D eigenvalue weighted by Gasteiger charge is -2.05. The summed E-state index contributed by atoms with van der Waals surface area (Å²) < 4.78 is 0. The molecule has 0 amide bonds. The van der Waals surface area contributed by atoms with E-state index >= 15 is 0 Å². The molecule has 0 saturated heterocycles. The third-order valence-electron chi connectivity index (χ3n) is 0.713. The molecule has 0 spiro atoms. The first-order chi connectivity index (χ1) is 5.43. The summed E-state index contributed by atoms with van der Waals surface area (Å²) in [6.07, 6.45) is 5.12. The van der Waals surface area contributed by atoms with Gasteiger partial charge in [0.1, 0.15) is 5.82 Å². The van der Waals surface area contributed by atoms with E-state index in [0.717, 1.165) is 5.82 Å². The predicted molar refractivity (Wildman–Crippen MR) is 53.8 cm³/mol. The van der Waals surface area contributed by atoms with Gasteiger partial charge in [0.25, 0.3) is 0 Å². The molecule has 0 aliphatic heterocycles. The fourth-order valence-electron chi connectivity index (χ4n) is 0.389. The zero-order valence-electron chi connectivity index (χ0n) is 8.39. The maximum Gasteiger partial charge on any atom is 0.129 e. The van der Waals surface area contributed by atoms with Crippen LogP contribution in [0.1, 0.15) is 33.5 Å². The van der Waals surface area contributed by atoms with Crippen molar-refractivity contribution in [3.63, 3.8) is 0 Å². The Bertz CT molecular complexity index is 198. The van der Waals surface area contributed by atoms with Crippen LogP contribution in [0.3, 0.4) is 0 Å². The van der Waals surface area contributed by atoms with Crippen molar-refractivity contribution in [2.45, 2.75) is 27.7 Å². The maximum absolute atomic E-state index is 3.86. The quantitative estimate of drug-likeness (QED) is 0.682. The van der Waals surface area contributed by atoms with Gasteiger partial charge in [0.05, 0.1) is 0 Å². The van der Waals surface area contributed by atoms with Crippen molar-refractivity contribution >= 4 is 6.08 Å². The lowest BCUT2D eigenvalue weighted by atomic mass is 10.0. The molecule has 0 aromatic carbocycles. The molecule has 0 radical (unpaired) electrons. The summed E-state index contributed by atoms with van der Waals surface area (Å²) >= 11 is 0. The molecule has 1 aromatic heterocycles. The van der Waals surface area contributed by atoms with Crippen molar-refractivity contribution in [2.75, 3.05) is 0 Å². The van der Waals surface area contributed by atoms with E-state index in [2.05, 4.69) is 44.2 Å². The molecule has 2 nitrogen and oxygen atoms in total. The highest BCUT2D eigenvalue weighted by Gasteiger charge is 1.95. The number of hydrogen-bond acceptors (Lipinski definition) is 1. The monoisotopic (exact) mass is 166 g/mol. The third-order valence-corrected chi connectivity index (χ3v) is 0.713. The zero-order chi connectivity index (χ0) is 9.61. The van der Waals surface area contributed by atoms with E-state index in [1.807, 2.05) is 0 Å². The van der Waals surface area contributed by atoms with Crippen molar-refractivity contribution in [3.8, 4) is 0 Å². The van der Waals surface area contributed by atoms with Gasteiger partial charge in [-0.15, -0.1) is 0 Å². The Balaban J connectivity index is 0.000000217. The minimum atomic E-state index is 0.500. The largest absolute Gasteiger partial charge is 0.345 e. The van der Waals surface area contributed by atoms with Gasteiger partial charge in [-0.3, -0.25) is 0 Å². The fourth-order valence-corrected chi connectivity index (χ4v) is 0.389. The van der Waals surface area contributed by atoms with Gasteiger partial charge in [0.2, 0.25) is 0 Å². The second-order valence-electron chi connectivity index (χ2n) is 4.18. The van der Waals surface area contributed by atoms with Crippen LogP contribution in [0.25, 0.3) is 6.08 Å². The summed E-state index contributed by atoms with van der Waals surface area (Å²) in [5.74, 6) is 0.819. The van der Waals surface area contributed by atoms with Crippen molar-refractivity contribution < 1.29 is 0 Å². The van der Waals surface area contributed by atoms with Crippen molar-refractivity contribution in [1.29, 1.82) is 0 Å². The second-order valence-corrected chi connectivity index (χ2v) is 4.18. The highest BCUT2D eigenvalue weighted by Crippen LogP contribution is 2.08. The van der Waals surface area contributed by atoms with E-state index in [4.69, 9.17) is 0 Å². The van der Waals surface area contributed by atoms with Crippen LogP contribution in [-0.2, 0) is 0 Å². The number of aromatic nitrogens is 2. The van der Waals surface area contributed by atoms with E-state index in [1.165, 1.54) is 0 Å². The molecule has 1 N–H and O–H groups in total. The molecule has 12 heavy (non-hydrogen) atoms. The Morgan fingerprint density at radius 3 is 2.08 bits per heavy atom. The zero-order valence-corrected chi connectivity index (χ0v) is 8.39. The van der Waals surface area contributed by atoms with Gasteiger partial charge in [-0.1, -0.05) is 34.3 Å². The van der Waals surface area contributed by atoms with Crippen LogP contribution in [0.15, 0.2) is 19.0 Å². The van der Waals surface area contributed by atoms with Crippen LogP contribution in [0.4, 0.5) is 0 Å². The molecular formula is C10H18N2. The second kappa shape index (κ2) is 4.75. The number of hydrogen-bond donors (Lipinski definition) is 1. The van der Waals surface area contributed by atoms with Crippen molar-refractivity contribution in [1.82, 2.24) is 9.97 Å². The average molecular weight is 166 g/mol. The van der Waals surface area contributed by atoms with Crippen LogP contribution in [0, 0.1) is 5.41 Å². The number of rotatable bonds is 1. The van der Waals surface area contributed by atoms with Gasteiger partial charge in [-0.2, -0.15) is 0 Å². The molecule has 1 rings (SSSR count). The Kier molecular flexibility index (Phi) is 4.34. The smallest absolute Gasteiger partial charge is 0.129 e. The number of nitrogens with zero attached hydrogens (tertiary/aromatic N) is 1.